The smallest absolute Gasteiger partial charge is 0.255 e. The fourth-order valence-electron chi connectivity index (χ4n) is 6.39. The Kier molecular flexibility index (Phi) is 7.98. The number of likely N-dealkylation sites (tertiary alicyclic amines) is 1. The molecular weight excluding hydrogens is 592 g/mol. The lowest BCUT2D eigenvalue weighted by molar-refractivity contribution is -0.121. The average molecular weight is 625 g/mol. The molecular formula is C34H33ClN6O2S. The highest BCUT2D eigenvalue weighted by Gasteiger charge is 2.41. The van der Waals surface area contributed by atoms with Gasteiger partial charge in [0.2, 0.25) is 0 Å². The van der Waals surface area contributed by atoms with Gasteiger partial charge in [0.15, 0.2) is 11.2 Å². The molecule has 2 aromatic heterocycles. The summed E-state index contributed by atoms with van der Waals surface area (Å²) >= 11 is 8.08. The van der Waals surface area contributed by atoms with Crippen LogP contribution in [0.3, 0.4) is 0 Å². The van der Waals surface area contributed by atoms with Crippen LogP contribution in [0.25, 0.3) is 0 Å². The Labute approximate surface area is 266 Å². The third-order valence-corrected chi connectivity index (χ3v) is 9.90. The molecule has 44 heavy (non-hydrogen) atoms. The minimum absolute atomic E-state index is 0.209. The van der Waals surface area contributed by atoms with Crippen LogP contribution < -0.4 is 5.32 Å². The standard InChI is InChI=1S/C34H33ClN6O2S/c1-22-10-14-39(15-11-22)19-24-7-4-23(5-8-24)6-9-25-17-26-27(28(35)18-25)20-41(33(26)43)31(32(42)38-34-36-12-16-44-34)30-29-3-2-13-40(29)21-37-30/h4-5,7-8,12,16-18,21-22,31H,2-3,10-11,13-15,19-20H2,1H3,(H,36,38,42). The molecule has 1 saturated heterocycles. The van der Waals surface area contributed by atoms with Crippen LogP contribution in [0.2, 0.25) is 5.02 Å². The van der Waals surface area contributed by atoms with Gasteiger partial charge in [0.1, 0.15) is 0 Å². The van der Waals surface area contributed by atoms with Gasteiger partial charge in [0.25, 0.3) is 11.8 Å². The molecule has 5 heterocycles. The zero-order valence-corrected chi connectivity index (χ0v) is 26.1. The molecule has 2 aromatic carbocycles. The van der Waals surface area contributed by atoms with Crippen molar-refractivity contribution in [3.8, 4) is 11.8 Å². The molecule has 3 aliphatic heterocycles. The van der Waals surface area contributed by atoms with Gasteiger partial charge in [0.05, 0.1) is 12.0 Å². The number of nitrogens with zero attached hydrogens (tertiary/aromatic N) is 5. The third kappa shape index (κ3) is 5.77. The number of carbonyl (C=O) groups excluding carboxylic acids is 2. The van der Waals surface area contributed by atoms with Crippen molar-refractivity contribution in [2.24, 2.45) is 5.92 Å². The first-order valence-corrected chi connectivity index (χ1v) is 16.4. The summed E-state index contributed by atoms with van der Waals surface area (Å²) in [6, 6.07) is 11.1. The van der Waals surface area contributed by atoms with Crippen molar-refractivity contribution >= 4 is 39.9 Å². The Morgan fingerprint density at radius 3 is 2.68 bits per heavy atom. The highest BCUT2D eigenvalue weighted by atomic mass is 35.5. The number of carbonyl (C=O) groups is 2. The fraction of sp³-hybridized carbons (Fsp3) is 0.353. The van der Waals surface area contributed by atoms with Gasteiger partial charge in [-0.3, -0.25) is 19.8 Å². The Balaban J connectivity index is 1.11. The van der Waals surface area contributed by atoms with Gasteiger partial charge >= 0.3 is 0 Å². The van der Waals surface area contributed by atoms with Crippen molar-refractivity contribution in [3.63, 3.8) is 0 Å². The number of fused-ring (bicyclic) bond motifs is 2. The lowest BCUT2D eigenvalue weighted by Crippen LogP contribution is -2.38. The molecule has 3 aliphatic rings. The van der Waals surface area contributed by atoms with Crippen LogP contribution in [0.1, 0.15) is 76.2 Å². The van der Waals surface area contributed by atoms with Gasteiger partial charge < -0.3 is 9.47 Å². The predicted octanol–water partition coefficient (Wildman–Crippen LogP) is 5.91. The second kappa shape index (κ2) is 12.2. The number of aromatic nitrogens is 3. The first-order valence-electron chi connectivity index (χ1n) is 15.1. The van der Waals surface area contributed by atoms with Gasteiger partial charge in [-0.25, -0.2) is 9.97 Å². The first-order chi connectivity index (χ1) is 21.4. The number of halogens is 1. The van der Waals surface area contributed by atoms with Crippen molar-refractivity contribution in [2.45, 2.75) is 58.3 Å². The van der Waals surface area contributed by atoms with E-state index in [1.54, 1.807) is 34.9 Å². The van der Waals surface area contributed by atoms with Crippen molar-refractivity contribution < 1.29 is 9.59 Å². The molecule has 224 valence electrons. The zero-order valence-electron chi connectivity index (χ0n) is 24.6. The molecule has 1 atom stereocenters. The molecule has 7 rings (SSSR count). The van der Waals surface area contributed by atoms with Crippen LogP contribution in [-0.2, 0) is 30.8 Å². The molecule has 0 saturated carbocycles. The van der Waals surface area contributed by atoms with Gasteiger partial charge in [-0.2, -0.15) is 0 Å². The Morgan fingerprint density at radius 2 is 1.91 bits per heavy atom. The van der Waals surface area contributed by atoms with Crippen LogP contribution >= 0.6 is 22.9 Å². The summed E-state index contributed by atoms with van der Waals surface area (Å²) in [4.78, 5) is 40.5. The SMILES string of the molecule is CC1CCN(Cc2ccc(C#Cc3cc(Cl)c4c(c3)C(=O)N(C(C(=O)Nc3nccs3)c3ncn5c3CCC5)C4)cc2)CC1. The van der Waals surface area contributed by atoms with E-state index in [4.69, 9.17) is 11.6 Å². The number of benzene rings is 2. The van der Waals surface area contributed by atoms with Gasteiger partial charge in [-0.1, -0.05) is 42.5 Å². The van der Waals surface area contributed by atoms with E-state index in [1.807, 2.05) is 12.1 Å². The third-order valence-electron chi connectivity index (χ3n) is 8.88. The molecule has 4 aromatic rings. The summed E-state index contributed by atoms with van der Waals surface area (Å²) in [5.41, 5.74) is 5.60. The van der Waals surface area contributed by atoms with E-state index in [2.05, 4.69) is 55.6 Å². The second-order valence-corrected chi connectivity index (χ2v) is 13.2. The second-order valence-electron chi connectivity index (χ2n) is 11.9. The van der Waals surface area contributed by atoms with Gasteiger partial charge in [-0.05, 0) is 74.5 Å². The normalized spacial score (nSPS) is 17.2. The summed E-state index contributed by atoms with van der Waals surface area (Å²) < 4.78 is 2.06. The number of hydrogen-bond donors (Lipinski definition) is 1. The molecule has 1 unspecified atom stereocenters. The average Bonchev–Trinajstić information content (AvgIpc) is 3.82. The lowest BCUT2D eigenvalue weighted by atomic mass is 9.99. The van der Waals surface area contributed by atoms with Crippen LogP contribution in [0.5, 0.6) is 0 Å². The van der Waals surface area contributed by atoms with Gasteiger partial charge in [-0.15, -0.1) is 11.3 Å². The van der Waals surface area contributed by atoms with Crippen LogP contribution in [0, 0.1) is 17.8 Å². The summed E-state index contributed by atoms with van der Waals surface area (Å²) in [5.74, 6) is 6.64. The molecule has 2 amide bonds. The topological polar surface area (TPSA) is 83.4 Å². The van der Waals surface area contributed by atoms with Gasteiger partial charge in [0, 0.05) is 64.2 Å². The van der Waals surface area contributed by atoms with Crippen LogP contribution in [-0.4, -0.2) is 49.2 Å². The number of thiazole rings is 1. The molecule has 1 N–H and O–H groups in total. The Bertz CT molecular complexity index is 1760. The lowest BCUT2D eigenvalue weighted by Gasteiger charge is -2.30. The molecule has 0 aliphatic carbocycles. The maximum Gasteiger partial charge on any atom is 0.255 e. The number of nitrogens with one attached hydrogen (secondary N) is 1. The van der Waals surface area contributed by atoms with Crippen LogP contribution in [0.4, 0.5) is 5.13 Å². The Hall–Kier alpha value is -3.97. The monoisotopic (exact) mass is 624 g/mol. The molecule has 0 radical (unpaired) electrons. The number of aryl methyl sites for hydroxylation is 1. The largest absolute Gasteiger partial charge is 0.334 e. The maximum absolute atomic E-state index is 13.9. The number of anilines is 1. The molecule has 8 nitrogen and oxygen atoms in total. The number of rotatable bonds is 6. The highest BCUT2D eigenvalue weighted by molar-refractivity contribution is 7.13. The molecule has 10 heteroatoms. The quantitative estimate of drug-likeness (QED) is 0.270. The minimum Gasteiger partial charge on any atom is -0.334 e. The van der Waals surface area contributed by atoms with E-state index in [0.717, 1.165) is 56.2 Å². The highest BCUT2D eigenvalue weighted by Crippen LogP contribution is 2.38. The van der Waals surface area contributed by atoms with Crippen molar-refractivity contribution in [1.82, 2.24) is 24.3 Å². The molecule has 0 spiro atoms. The van der Waals surface area contributed by atoms with E-state index in [1.165, 1.54) is 29.7 Å². The predicted molar refractivity (Wildman–Crippen MR) is 171 cm³/mol. The first kappa shape index (κ1) is 28.8. The number of imidazole rings is 1. The van der Waals surface area contributed by atoms with Crippen molar-refractivity contribution in [1.29, 1.82) is 0 Å². The van der Waals surface area contributed by atoms with E-state index in [9.17, 15) is 9.59 Å². The van der Waals surface area contributed by atoms with E-state index in [-0.39, 0.29) is 18.4 Å². The minimum atomic E-state index is -0.911. The summed E-state index contributed by atoms with van der Waals surface area (Å²) in [6.07, 6.45) is 7.71. The molecule has 1 fully saturated rings. The van der Waals surface area contributed by atoms with E-state index < -0.39 is 6.04 Å². The summed E-state index contributed by atoms with van der Waals surface area (Å²) in [6.45, 7) is 6.66. The van der Waals surface area contributed by atoms with E-state index >= 15 is 0 Å². The number of hydrogen-bond acceptors (Lipinski definition) is 6. The van der Waals surface area contributed by atoms with Crippen molar-refractivity contribution in [2.75, 3.05) is 18.4 Å². The summed E-state index contributed by atoms with van der Waals surface area (Å²) in [5, 5.41) is 5.62. The van der Waals surface area contributed by atoms with Crippen molar-refractivity contribution in [3.05, 3.63) is 98.5 Å². The fourth-order valence-corrected chi connectivity index (χ4v) is 7.20. The van der Waals surface area contributed by atoms with E-state index in [0.29, 0.717) is 32.5 Å². The zero-order chi connectivity index (χ0) is 30.2. The number of amides is 2. The van der Waals surface area contributed by atoms with Crippen LogP contribution in [0.15, 0.2) is 54.3 Å². The maximum atomic E-state index is 13.9. The number of piperidine rings is 1. The molecule has 0 bridgehead atoms. The Morgan fingerprint density at radius 1 is 1.11 bits per heavy atom. The summed E-state index contributed by atoms with van der Waals surface area (Å²) in [7, 11) is 0.